The summed E-state index contributed by atoms with van der Waals surface area (Å²) in [7, 11) is 3.39. The fourth-order valence-corrected chi connectivity index (χ4v) is 0.654. The quantitative estimate of drug-likeness (QED) is 0.645. The Labute approximate surface area is 80.0 Å². The normalized spacial score (nSPS) is 13.9. The highest BCUT2D eigenvalue weighted by atomic mass is 16.5. The van der Waals surface area contributed by atoms with Crippen LogP contribution < -0.4 is 10.6 Å². The van der Waals surface area contributed by atoms with E-state index < -0.39 is 5.54 Å². The summed E-state index contributed by atoms with van der Waals surface area (Å²) in [5.74, 6) is -0.0149. The third-order valence-electron chi connectivity index (χ3n) is 2.15. The maximum atomic E-state index is 11.5. The van der Waals surface area contributed by atoms with Crippen LogP contribution in [0.5, 0.6) is 0 Å². The number of amides is 1. The maximum absolute atomic E-state index is 11.5. The molecule has 1 amide bonds. The number of rotatable bonds is 5. The highest BCUT2D eigenvalue weighted by molar-refractivity contribution is 5.85. The van der Waals surface area contributed by atoms with Gasteiger partial charge in [0, 0.05) is 13.7 Å². The second kappa shape index (κ2) is 5.19. The molecule has 0 fully saturated rings. The van der Waals surface area contributed by atoms with Gasteiger partial charge in [0.15, 0.2) is 0 Å². The largest absolute Gasteiger partial charge is 0.380 e. The molecular weight excluding hydrogens is 168 g/mol. The predicted molar refractivity (Wildman–Crippen MR) is 52.6 cm³/mol. The van der Waals surface area contributed by atoms with Gasteiger partial charge in [0.05, 0.1) is 11.6 Å². The lowest BCUT2D eigenvalue weighted by Crippen LogP contribution is -2.52. The third-order valence-corrected chi connectivity index (χ3v) is 2.15. The van der Waals surface area contributed by atoms with Crippen LogP contribution in [0.2, 0.25) is 0 Å². The van der Waals surface area contributed by atoms with Gasteiger partial charge in [-0.05, 0) is 27.8 Å². The van der Waals surface area contributed by atoms with Crippen molar-refractivity contribution in [3.8, 4) is 0 Å². The maximum Gasteiger partial charge on any atom is 0.239 e. The van der Waals surface area contributed by atoms with E-state index in [0.29, 0.717) is 6.54 Å². The first kappa shape index (κ1) is 12.4. The SMILES string of the molecule is CNC(C)(C)C(=O)NCC(C)OC. The molecule has 4 heteroatoms. The molecule has 0 rings (SSSR count). The molecule has 78 valence electrons. The second-order valence-corrected chi connectivity index (χ2v) is 3.63. The Hall–Kier alpha value is -0.610. The zero-order valence-corrected chi connectivity index (χ0v) is 9.10. The summed E-state index contributed by atoms with van der Waals surface area (Å²) >= 11 is 0. The fourth-order valence-electron chi connectivity index (χ4n) is 0.654. The Morgan fingerprint density at radius 3 is 2.46 bits per heavy atom. The molecule has 0 heterocycles. The molecule has 0 saturated carbocycles. The van der Waals surface area contributed by atoms with E-state index >= 15 is 0 Å². The average Bonchev–Trinajstić information content (AvgIpc) is 2.13. The van der Waals surface area contributed by atoms with Crippen molar-refractivity contribution in [3.63, 3.8) is 0 Å². The fraction of sp³-hybridized carbons (Fsp3) is 0.889. The van der Waals surface area contributed by atoms with Gasteiger partial charge in [0.2, 0.25) is 5.91 Å². The van der Waals surface area contributed by atoms with Crippen molar-refractivity contribution in [3.05, 3.63) is 0 Å². The van der Waals surface area contributed by atoms with Gasteiger partial charge in [-0.25, -0.2) is 0 Å². The zero-order chi connectivity index (χ0) is 10.5. The van der Waals surface area contributed by atoms with Crippen LogP contribution in [0.1, 0.15) is 20.8 Å². The van der Waals surface area contributed by atoms with E-state index in [0.717, 1.165) is 0 Å². The second-order valence-electron chi connectivity index (χ2n) is 3.63. The molecule has 4 nitrogen and oxygen atoms in total. The van der Waals surface area contributed by atoms with Gasteiger partial charge in [0.1, 0.15) is 0 Å². The number of methoxy groups -OCH3 is 1. The van der Waals surface area contributed by atoms with Gasteiger partial charge in [-0.1, -0.05) is 0 Å². The number of hydrogen-bond acceptors (Lipinski definition) is 3. The molecule has 13 heavy (non-hydrogen) atoms. The van der Waals surface area contributed by atoms with E-state index in [-0.39, 0.29) is 12.0 Å². The van der Waals surface area contributed by atoms with E-state index in [1.54, 1.807) is 14.2 Å². The van der Waals surface area contributed by atoms with E-state index in [2.05, 4.69) is 10.6 Å². The summed E-state index contributed by atoms with van der Waals surface area (Å²) in [4.78, 5) is 11.5. The van der Waals surface area contributed by atoms with Crippen LogP contribution >= 0.6 is 0 Å². The highest BCUT2D eigenvalue weighted by Gasteiger charge is 2.24. The van der Waals surface area contributed by atoms with Gasteiger partial charge in [-0.15, -0.1) is 0 Å². The molecule has 0 aromatic rings. The summed E-state index contributed by atoms with van der Waals surface area (Å²) in [5, 5.41) is 5.73. The summed E-state index contributed by atoms with van der Waals surface area (Å²) in [6, 6.07) is 0. The van der Waals surface area contributed by atoms with Crippen LogP contribution in [0.4, 0.5) is 0 Å². The predicted octanol–water partition coefficient (Wildman–Crippen LogP) is 0.136. The number of carbonyl (C=O) groups excluding carboxylic acids is 1. The molecule has 0 aromatic carbocycles. The lowest BCUT2D eigenvalue weighted by atomic mass is 10.1. The smallest absolute Gasteiger partial charge is 0.239 e. The zero-order valence-electron chi connectivity index (χ0n) is 9.10. The van der Waals surface area contributed by atoms with Crippen molar-refractivity contribution in [1.82, 2.24) is 10.6 Å². The van der Waals surface area contributed by atoms with Gasteiger partial charge in [-0.3, -0.25) is 4.79 Å². The van der Waals surface area contributed by atoms with Gasteiger partial charge in [0.25, 0.3) is 0 Å². The molecule has 0 aliphatic rings. The molecule has 2 N–H and O–H groups in total. The number of nitrogens with one attached hydrogen (secondary N) is 2. The Morgan fingerprint density at radius 1 is 1.54 bits per heavy atom. The van der Waals surface area contributed by atoms with Crippen LogP contribution in [-0.2, 0) is 9.53 Å². The summed E-state index contributed by atoms with van der Waals surface area (Å²) in [6.07, 6.45) is 0.0524. The molecule has 0 aliphatic heterocycles. The number of hydrogen-bond donors (Lipinski definition) is 2. The first-order chi connectivity index (χ1) is 5.94. The highest BCUT2D eigenvalue weighted by Crippen LogP contribution is 2.00. The van der Waals surface area contributed by atoms with Crippen molar-refractivity contribution in [1.29, 1.82) is 0 Å². The Balaban J connectivity index is 3.88. The number of likely N-dealkylation sites (N-methyl/N-ethyl adjacent to an activating group) is 1. The van der Waals surface area contributed by atoms with Gasteiger partial charge in [-0.2, -0.15) is 0 Å². The molecule has 0 saturated heterocycles. The van der Waals surface area contributed by atoms with E-state index in [9.17, 15) is 4.79 Å². The number of carbonyl (C=O) groups is 1. The van der Waals surface area contributed by atoms with Crippen molar-refractivity contribution < 1.29 is 9.53 Å². The van der Waals surface area contributed by atoms with Crippen molar-refractivity contribution in [2.75, 3.05) is 20.7 Å². The minimum Gasteiger partial charge on any atom is -0.380 e. The Kier molecular flexibility index (Phi) is 4.95. The Bertz CT molecular complexity index is 169. The summed E-state index contributed by atoms with van der Waals surface area (Å²) in [6.45, 7) is 6.12. The third kappa shape index (κ3) is 4.24. The van der Waals surface area contributed by atoms with Crippen LogP contribution in [0.15, 0.2) is 0 Å². The van der Waals surface area contributed by atoms with Crippen LogP contribution in [0.25, 0.3) is 0 Å². The van der Waals surface area contributed by atoms with Crippen molar-refractivity contribution >= 4 is 5.91 Å². The minimum absolute atomic E-state index is 0.0149. The van der Waals surface area contributed by atoms with Gasteiger partial charge < -0.3 is 15.4 Å². The Morgan fingerprint density at radius 2 is 2.08 bits per heavy atom. The first-order valence-electron chi connectivity index (χ1n) is 4.44. The van der Waals surface area contributed by atoms with Crippen molar-refractivity contribution in [2.24, 2.45) is 0 Å². The lowest BCUT2D eigenvalue weighted by molar-refractivity contribution is -0.126. The summed E-state index contributed by atoms with van der Waals surface area (Å²) < 4.78 is 5.01. The van der Waals surface area contributed by atoms with Crippen molar-refractivity contribution in [2.45, 2.75) is 32.4 Å². The van der Waals surface area contributed by atoms with Gasteiger partial charge >= 0.3 is 0 Å². The molecule has 1 atom stereocenters. The van der Waals surface area contributed by atoms with E-state index in [1.807, 2.05) is 20.8 Å². The molecule has 0 aliphatic carbocycles. The average molecular weight is 188 g/mol. The molecule has 0 bridgehead atoms. The molecule has 0 aromatic heterocycles. The van der Waals surface area contributed by atoms with Crippen LogP contribution in [0, 0.1) is 0 Å². The van der Waals surface area contributed by atoms with Crippen LogP contribution in [-0.4, -0.2) is 38.3 Å². The van der Waals surface area contributed by atoms with Crippen LogP contribution in [0.3, 0.4) is 0 Å². The molecule has 1 unspecified atom stereocenters. The topological polar surface area (TPSA) is 50.4 Å². The van der Waals surface area contributed by atoms with E-state index in [4.69, 9.17) is 4.74 Å². The monoisotopic (exact) mass is 188 g/mol. The van der Waals surface area contributed by atoms with E-state index in [1.165, 1.54) is 0 Å². The lowest BCUT2D eigenvalue weighted by Gasteiger charge is -2.23. The molecular formula is C9H20N2O2. The first-order valence-corrected chi connectivity index (χ1v) is 4.44. The number of ether oxygens (including phenoxy) is 1. The molecule has 0 spiro atoms. The summed E-state index contributed by atoms with van der Waals surface area (Å²) in [5.41, 5.74) is -0.520. The molecule has 0 radical (unpaired) electrons. The minimum atomic E-state index is -0.520. The standard InChI is InChI=1S/C9H20N2O2/c1-7(13-5)6-11-8(12)9(2,3)10-4/h7,10H,6H2,1-5H3,(H,11,12).